The van der Waals surface area contributed by atoms with Crippen LogP contribution in [0.25, 0.3) is 0 Å². The minimum Gasteiger partial charge on any atom is -0.459 e. The largest absolute Gasteiger partial charge is 0.459 e. The number of carbonyl (C=O) groups is 2. The predicted molar refractivity (Wildman–Crippen MR) is 104 cm³/mol. The lowest BCUT2D eigenvalue weighted by atomic mass is 9.92. The first kappa shape index (κ1) is 19.3. The van der Waals surface area contributed by atoms with E-state index in [0.717, 1.165) is 38.2 Å². The van der Waals surface area contributed by atoms with Crippen molar-refractivity contribution >= 4 is 11.9 Å². The summed E-state index contributed by atoms with van der Waals surface area (Å²) in [5, 5.41) is 0. The topological polar surface area (TPSA) is 75.6 Å². The van der Waals surface area contributed by atoms with Crippen molar-refractivity contribution in [2.24, 2.45) is 5.92 Å². The van der Waals surface area contributed by atoms with Gasteiger partial charge < -0.3 is 14.5 Å². The quantitative estimate of drug-likeness (QED) is 0.739. The van der Waals surface area contributed by atoms with Crippen LogP contribution in [0.15, 0.2) is 6.20 Å². The molecule has 152 valence electrons. The summed E-state index contributed by atoms with van der Waals surface area (Å²) in [6.45, 7) is 7.17. The van der Waals surface area contributed by atoms with E-state index in [4.69, 9.17) is 9.72 Å². The zero-order chi connectivity index (χ0) is 19.9. The number of rotatable bonds is 3. The summed E-state index contributed by atoms with van der Waals surface area (Å²) < 4.78 is 5.35. The van der Waals surface area contributed by atoms with Gasteiger partial charge in [-0.25, -0.2) is 9.97 Å². The molecular formula is C21H30N4O3. The molecule has 4 heterocycles. The summed E-state index contributed by atoms with van der Waals surface area (Å²) in [7, 11) is 2.12. The van der Waals surface area contributed by atoms with E-state index in [0.29, 0.717) is 25.4 Å². The van der Waals surface area contributed by atoms with Crippen molar-refractivity contribution in [2.45, 2.75) is 64.0 Å². The third-order valence-corrected chi connectivity index (χ3v) is 6.23. The molecule has 1 atom stereocenters. The van der Waals surface area contributed by atoms with E-state index < -0.39 is 5.60 Å². The van der Waals surface area contributed by atoms with Gasteiger partial charge in [0, 0.05) is 68.8 Å². The number of aromatic nitrogens is 2. The van der Waals surface area contributed by atoms with Crippen molar-refractivity contribution in [3.8, 4) is 0 Å². The maximum absolute atomic E-state index is 12.7. The fourth-order valence-electron chi connectivity index (χ4n) is 4.63. The fraction of sp³-hybridized carbons (Fsp3) is 0.714. The average molecular weight is 386 g/mol. The molecule has 28 heavy (non-hydrogen) atoms. The lowest BCUT2D eigenvalue weighted by Crippen LogP contribution is -2.39. The van der Waals surface area contributed by atoms with Crippen molar-refractivity contribution in [2.75, 3.05) is 26.7 Å². The number of ether oxygens (including phenoxy) is 1. The molecule has 0 saturated carbocycles. The van der Waals surface area contributed by atoms with Gasteiger partial charge in [0.05, 0.1) is 5.92 Å². The third-order valence-electron chi connectivity index (χ3n) is 6.23. The highest BCUT2D eigenvalue weighted by atomic mass is 16.6. The summed E-state index contributed by atoms with van der Waals surface area (Å²) in [5.41, 5.74) is 1.97. The van der Waals surface area contributed by atoms with E-state index in [9.17, 15) is 9.59 Å². The van der Waals surface area contributed by atoms with E-state index in [1.807, 2.05) is 24.9 Å². The van der Waals surface area contributed by atoms with Crippen molar-refractivity contribution in [1.82, 2.24) is 19.8 Å². The van der Waals surface area contributed by atoms with Crippen LogP contribution in [0.4, 0.5) is 0 Å². The number of hydrogen-bond donors (Lipinski definition) is 0. The van der Waals surface area contributed by atoms with Gasteiger partial charge in [-0.05, 0) is 33.7 Å². The minimum atomic E-state index is -0.451. The molecule has 2 fully saturated rings. The fourth-order valence-corrected chi connectivity index (χ4v) is 4.63. The zero-order valence-electron chi connectivity index (χ0n) is 17.1. The molecule has 0 aromatic carbocycles. The molecule has 1 aromatic rings. The van der Waals surface area contributed by atoms with Crippen LogP contribution in [0, 0.1) is 5.92 Å². The Labute approximate surface area is 166 Å². The molecule has 0 spiro atoms. The minimum absolute atomic E-state index is 0.0625. The molecule has 3 aliphatic rings. The normalized spacial score (nSPS) is 25.5. The lowest BCUT2D eigenvalue weighted by molar-refractivity contribution is -0.150. The van der Waals surface area contributed by atoms with Crippen molar-refractivity contribution in [3.63, 3.8) is 0 Å². The summed E-state index contributed by atoms with van der Waals surface area (Å²) in [6, 6.07) is 0. The Morgan fingerprint density at radius 3 is 2.71 bits per heavy atom. The van der Waals surface area contributed by atoms with E-state index >= 15 is 0 Å². The molecule has 0 aliphatic carbocycles. The highest BCUT2D eigenvalue weighted by Crippen LogP contribution is 2.33. The molecular weight excluding hydrogens is 356 g/mol. The molecule has 7 nitrogen and oxygen atoms in total. The number of cyclic esters (lactones) is 1. The highest BCUT2D eigenvalue weighted by Gasteiger charge is 2.41. The van der Waals surface area contributed by atoms with Gasteiger partial charge in [-0.15, -0.1) is 0 Å². The second-order valence-electron chi connectivity index (χ2n) is 9.13. The second-order valence-corrected chi connectivity index (χ2v) is 9.13. The van der Waals surface area contributed by atoms with E-state index in [-0.39, 0.29) is 24.2 Å². The van der Waals surface area contributed by atoms with E-state index in [1.54, 1.807) is 0 Å². The van der Waals surface area contributed by atoms with Crippen molar-refractivity contribution < 1.29 is 14.3 Å². The number of nitrogens with zero attached hydrogens (tertiary/aromatic N) is 4. The number of hydrogen-bond acceptors (Lipinski definition) is 6. The lowest BCUT2D eigenvalue weighted by Gasteiger charge is -2.32. The number of esters is 1. The predicted octanol–water partition coefficient (Wildman–Crippen LogP) is 1.90. The molecule has 4 rings (SSSR count). The Morgan fingerprint density at radius 2 is 2.04 bits per heavy atom. The Bertz CT molecular complexity index is 771. The van der Waals surface area contributed by atoms with Gasteiger partial charge >= 0.3 is 5.97 Å². The second kappa shape index (κ2) is 7.43. The number of amides is 1. The Balaban J connectivity index is 1.32. The van der Waals surface area contributed by atoms with Gasteiger partial charge in [0.2, 0.25) is 5.91 Å². The van der Waals surface area contributed by atoms with Crippen molar-refractivity contribution in [1.29, 1.82) is 0 Å². The van der Waals surface area contributed by atoms with Crippen LogP contribution >= 0.6 is 0 Å². The standard InChI is InChI=1S/C21H30N4O3/c1-21(2)11-15(20(27)28-21)10-18(26)25-8-4-14(5-9-25)19-22-12-16-13-24(3)7-6-17(16)23-19/h12,14-15H,4-11,13H2,1-3H3/t15-/m1/s1. The van der Waals surface area contributed by atoms with Gasteiger partial charge in [0.25, 0.3) is 0 Å². The van der Waals surface area contributed by atoms with Crippen molar-refractivity contribution in [3.05, 3.63) is 23.3 Å². The number of piperidine rings is 1. The summed E-state index contributed by atoms with van der Waals surface area (Å²) in [4.78, 5) is 38.3. The molecule has 1 amide bonds. The molecule has 0 bridgehead atoms. The first-order chi connectivity index (χ1) is 13.3. The number of carbonyl (C=O) groups excluding carboxylic acids is 2. The van der Waals surface area contributed by atoms with E-state index in [1.165, 1.54) is 11.3 Å². The molecule has 1 aromatic heterocycles. The van der Waals surface area contributed by atoms with Crippen LogP contribution in [-0.2, 0) is 27.3 Å². The monoisotopic (exact) mass is 386 g/mol. The molecule has 0 unspecified atom stereocenters. The molecule has 3 aliphatic heterocycles. The van der Waals surface area contributed by atoms with Crippen LogP contribution in [0.3, 0.4) is 0 Å². The van der Waals surface area contributed by atoms with Gasteiger partial charge in [0.1, 0.15) is 11.4 Å². The third kappa shape index (κ3) is 4.04. The highest BCUT2D eigenvalue weighted by molar-refractivity contribution is 5.84. The Kier molecular flexibility index (Phi) is 5.12. The van der Waals surface area contributed by atoms with Gasteiger partial charge in [-0.2, -0.15) is 0 Å². The summed E-state index contributed by atoms with van der Waals surface area (Å²) >= 11 is 0. The number of fused-ring (bicyclic) bond motifs is 1. The number of likely N-dealkylation sites (tertiary alicyclic amines) is 1. The van der Waals surface area contributed by atoms with Gasteiger partial charge in [-0.3, -0.25) is 9.59 Å². The summed E-state index contributed by atoms with van der Waals surface area (Å²) in [6.07, 6.45) is 5.60. The SMILES string of the molecule is CN1CCc2nc(C3CCN(C(=O)C[C@@H]4CC(C)(C)OC4=O)CC3)ncc2C1. The molecule has 0 radical (unpaired) electrons. The first-order valence-corrected chi connectivity index (χ1v) is 10.3. The van der Waals surface area contributed by atoms with Crippen LogP contribution in [0.1, 0.15) is 62.5 Å². The Hall–Kier alpha value is -2.02. The van der Waals surface area contributed by atoms with E-state index in [2.05, 4.69) is 16.9 Å². The molecule has 2 saturated heterocycles. The smallest absolute Gasteiger partial charge is 0.310 e. The summed E-state index contributed by atoms with van der Waals surface area (Å²) in [5.74, 6) is 0.761. The molecule has 7 heteroatoms. The Morgan fingerprint density at radius 1 is 1.29 bits per heavy atom. The molecule has 0 N–H and O–H groups in total. The number of likely N-dealkylation sites (N-methyl/N-ethyl adjacent to an activating group) is 1. The van der Waals surface area contributed by atoms with Crippen LogP contribution in [-0.4, -0.2) is 63.9 Å². The van der Waals surface area contributed by atoms with Crippen LogP contribution in [0.2, 0.25) is 0 Å². The van der Waals surface area contributed by atoms with Gasteiger partial charge in [-0.1, -0.05) is 0 Å². The maximum atomic E-state index is 12.7. The van der Waals surface area contributed by atoms with Gasteiger partial charge in [0.15, 0.2) is 0 Å². The van der Waals surface area contributed by atoms with Crippen LogP contribution in [0.5, 0.6) is 0 Å². The zero-order valence-corrected chi connectivity index (χ0v) is 17.1. The average Bonchev–Trinajstić information content (AvgIpc) is 2.92. The van der Waals surface area contributed by atoms with Crippen LogP contribution < -0.4 is 0 Å². The first-order valence-electron chi connectivity index (χ1n) is 10.3. The maximum Gasteiger partial charge on any atom is 0.310 e.